The van der Waals surface area contributed by atoms with Crippen molar-refractivity contribution in [3.8, 4) is 0 Å². The Bertz CT molecular complexity index is 133. The van der Waals surface area contributed by atoms with Crippen molar-refractivity contribution >= 4 is 0 Å². The van der Waals surface area contributed by atoms with Crippen LogP contribution in [0.15, 0.2) is 0 Å². The molecule has 0 heterocycles. The maximum absolute atomic E-state index is 5.62. The van der Waals surface area contributed by atoms with Crippen molar-refractivity contribution in [1.82, 2.24) is 9.80 Å². The van der Waals surface area contributed by atoms with E-state index in [1.165, 1.54) is 51.6 Å². The zero-order chi connectivity index (χ0) is 12.9. The number of rotatable bonds is 12. The number of nitrogens with zero attached hydrogens (tertiary/aromatic N) is 2. The Morgan fingerprint density at radius 2 is 1.00 bits per heavy atom. The van der Waals surface area contributed by atoms with Gasteiger partial charge in [-0.15, -0.1) is 0 Å². The molecule has 0 aromatic heterocycles. The second-order valence-corrected chi connectivity index (χ2v) is 5.34. The van der Waals surface area contributed by atoms with E-state index >= 15 is 0 Å². The molecule has 104 valence electrons. The van der Waals surface area contributed by atoms with E-state index in [1.54, 1.807) is 0 Å². The quantitative estimate of drug-likeness (QED) is 0.491. The smallest absolute Gasteiger partial charge is 0.0466 e. The van der Waals surface area contributed by atoms with Gasteiger partial charge in [-0.3, -0.25) is 0 Å². The van der Waals surface area contributed by atoms with Gasteiger partial charge in [0.1, 0.15) is 0 Å². The summed E-state index contributed by atoms with van der Waals surface area (Å²) in [4.78, 5) is 4.48. The molecular formula is C14H32N2O. The van der Waals surface area contributed by atoms with E-state index in [4.69, 9.17) is 4.74 Å². The van der Waals surface area contributed by atoms with Crippen molar-refractivity contribution < 1.29 is 4.74 Å². The molecule has 0 amide bonds. The Hall–Kier alpha value is -0.120. The van der Waals surface area contributed by atoms with Crippen LogP contribution in [-0.4, -0.2) is 64.3 Å². The molecule has 0 rings (SSSR count). The van der Waals surface area contributed by atoms with Gasteiger partial charge in [-0.05, 0) is 79.8 Å². The summed E-state index contributed by atoms with van der Waals surface area (Å²) in [5, 5.41) is 0. The summed E-state index contributed by atoms with van der Waals surface area (Å²) in [5.41, 5.74) is 0. The molecule has 17 heavy (non-hydrogen) atoms. The third kappa shape index (κ3) is 15.9. The number of hydrogen-bond donors (Lipinski definition) is 0. The van der Waals surface area contributed by atoms with Gasteiger partial charge in [0.2, 0.25) is 0 Å². The first-order chi connectivity index (χ1) is 8.13. The molecular weight excluding hydrogens is 212 g/mol. The van der Waals surface area contributed by atoms with Crippen LogP contribution >= 0.6 is 0 Å². The average molecular weight is 244 g/mol. The fourth-order valence-electron chi connectivity index (χ4n) is 1.72. The zero-order valence-corrected chi connectivity index (χ0v) is 12.4. The Balaban J connectivity index is 2.94. The topological polar surface area (TPSA) is 15.7 Å². The van der Waals surface area contributed by atoms with Crippen LogP contribution < -0.4 is 0 Å². The van der Waals surface area contributed by atoms with Crippen molar-refractivity contribution in [2.75, 3.05) is 54.5 Å². The lowest BCUT2D eigenvalue weighted by molar-refractivity contribution is 0.125. The molecule has 3 heteroatoms. The molecule has 0 unspecified atom stereocenters. The third-order valence-corrected chi connectivity index (χ3v) is 2.79. The van der Waals surface area contributed by atoms with E-state index in [0.717, 1.165) is 13.2 Å². The van der Waals surface area contributed by atoms with Crippen molar-refractivity contribution in [2.24, 2.45) is 0 Å². The van der Waals surface area contributed by atoms with Crippen molar-refractivity contribution in [2.45, 2.75) is 38.5 Å². The van der Waals surface area contributed by atoms with E-state index in [-0.39, 0.29) is 0 Å². The van der Waals surface area contributed by atoms with E-state index in [2.05, 4.69) is 38.0 Å². The summed E-state index contributed by atoms with van der Waals surface area (Å²) in [6.45, 7) is 4.29. The maximum atomic E-state index is 5.62. The van der Waals surface area contributed by atoms with Crippen molar-refractivity contribution in [1.29, 1.82) is 0 Å². The fraction of sp³-hybridized carbons (Fsp3) is 1.00. The van der Waals surface area contributed by atoms with Gasteiger partial charge in [0, 0.05) is 13.2 Å². The monoisotopic (exact) mass is 244 g/mol. The Labute approximate surface area is 108 Å². The molecule has 0 bridgehead atoms. The lowest BCUT2D eigenvalue weighted by Crippen LogP contribution is -2.13. The minimum absolute atomic E-state index is 0.946. The van der Waals surface area contributed by atoms with Crippen LogP contribution in [0, 0.1) is 0 Å². The van der Waals surface area contributed by atoms with Crippen LogP contribution in [0.5, 0.6) is 0 Å². The van der Waals surface area contributed by atoms with Gasteiger partial charge in [0.25, 0.3) is 0 Å². The Kier molecular flexibility index (Phi) is 12.3. The van der Waals surface area contributed by atoms with Crippen LogP contribution in [0.3, 0.4) is 0 Å². The summed E-state index contributed by atoms with van der Waals surface area (Å²) < 4.78 is 5.62. The zero-order valence-electron chi connectivity index (χ0n) is 12.4. The molecule has 3 nitrogen and oxygen atoms in total. The van der Waals surface area contributed by atoms with Crippen LogP contribution in [0.25, 0.3) is 0 Å². The average Bonchev–Trinajstić information content (AvgIpc) is 2.25. The Morgan fingerprint density at radius 3 is 1.35 bits per heavy atom. The first-order valence-electron chi connectivity index (χ1n) is 7.00. The molecule has 0 aliphatic heterocycles. The van der Waals surface area contributed by atoms with E-state index in [0.29, 0.717) is 0 Å². The second-order valence-electron chi connectivity index (χ2n) is 5.34. The highest BCUT2D eigenvalue weighted by molar-refractivity contribution is 4.47. The highest BCUT2D eigenvalue weighted by Crippen LogP contribution is 2.00. The summed E-state index contributed by atoms with van der Waals surface area (Å²) >= 11 is 0. The maximum Gasteiger partial charge on any atom is 0.0466 e. The molecule has 0 aliphatic rings. The molecule has 0 aromatic carbocycles. The molecule has 0 aliphatic carbocycles. The molecule has 0 radical (unpaired) electrons. The van der Waals surface area contributed by atoms with Gasteiger partial charge < -0.3 is 14.5 Å². The number of hydrogen-bond acceptors (Lipinski definition) is 3. The minimum atomic E-state index is 0.946. The third-order valence-electron chi connectivity index (χ3n) is 2.79. The molecule has 0 aromatic rings. The van der Waals surface area contributed by atoms with Gasteiger partial charge in [0.05, 0.1) is 0 Å². The predicted molar refractivity (Wildman–Crippen MR) is 75.6 cm³/mol. The summed E-state index contributed by atoms with van der Waals surface area (Å²) in [6, 6.07) is 0. The standard InChI is InChI=1S/C14H32N2O/c1-15(2)11-7-5-9-13-17-14-10-6-8-12-16(3)4/h5-14H2,1-4H3. The Morgan fingerprint density at radius 1 is 0.588 bits per heavy atom. The molecule has 0 atom stereocenters. The van der Waals surface area contributed by atoms with Gasteiger partial charge in [0.15, 0.2) is 0 Å². The van der Waals surface area contributed by atoms with Crippen molar-refractivity contribution in [3.63, 3.8) is 0 Å². The molecule has 0 saturated carbocycles. The van der Waals surface area contributed by atoms with E-state index in [9.17, 15) is 0 Å². The lowest BCUT2D eigenvalue weighted by Gasteiger charge is -2.09. The summed E-state index contributed by atoms with van der Waals surface area (Å²) in [5.74, 6) is 0. The van der Waals surface area contributed by atoms with Gasteiger partial charge in [-0.1, -0.05) is 0 Å². The number of ether oxygens (including phenoxy) is 1. The lowest BCUT2D eigenvalue weighted by atomic mass is 10.2. The molecule has 0 fully saturated rings. The fourth-order valence-corrected chi connectivity index (χ4v) is 1.72. The van der Waals surface area contributed by atoms with Crippen LogP contribution in [-0.2, 0) is 4.74 Å². The van der Waals surface area contributed by atoms with Gasteiger partial charge in [-0.25, -0.2) is 0 Å². The second kappa shape index (κ2) is 12.3. The van der Waals surface area contributed by atoms with Gasteiger partial charge in [-0.2, -0.15) is 0 Å². The SMILES string of the molecule is CN(C)CCCCCOCCCCCN(C)C. The van der Waals surface area contributed by atoms with Crippen LogP contribution in [0.4, 0.5) is 0 Å². The number of unbranched alkanes of at least 4 members (excludes halogenated alkanes) is 4. The van der Waals surface area contributed by atoms with Crippen LogP contribution in [0.1, 0.15) is 38.5 Å². The van der Waals surface area contributed by atoms with Crippen molar-refractivity contribution in [3.05, 3.63) is 0 Å². The van der Waals surface area contributed by atoms with E-state index < -0.39 is 0 Å². The van der Waals surface area contributed by atoms with Gasteiger partial charge >= 0.3 is 0 Å². The summed E-state index contributed by atoms with van der Waals surface area (Å²) in [7, 11) is 8.52. The highest BCUT2D eigenvalue weighted by atomic mass is 16.5. The highest BCUT2D eigenvalue weighted by Gasteiger charge is 1.94. The summed E-state index contributed by atoms with van der Waals surface area (Å²) in [6.07, 6.45) is 7.59. The molecule has 0 N–H and O–H groups in total. The minimum Gasteiger partial charge on any atom is -0.381 e. The largest absolute Gasteiger partial charge is 0.381 e. The first-order valence-corrected chi connectivity index (χ1v) is 7.00. The predicted octanol–water partition coefficient (Wildman–Crippen LogP) is 2.47. The molecule has 0 spiro atoms. The molecule has 0 saturated heterocycles. The van der Waals surface area contributed by atoms with Crippen LogP contribution in [0.2, 0.25) is 0 Å². The normalized spacial score (nSPS) is 11.6. The van der Waals surface area contributed by atoms with E-state index in [1.807, 2.05) is 0 Å². The first kappa shape index (κ1) is 16.9.